The molecule has 1 heterocycles. The number of ether oxygens (including phenoxy) is 2. The summed E-state index contributed by atoms with van der Waals surface area (Å²) >= 11 is 0. The van der Waals surface area contributed by atoms with Gasteiger partial charge in [0.1, 0.15) is 0 Å². The zero-order valence-corrected chi connectivity index (χ0v) is 11.0. The number of carbonyl (C=O) groups is 1. The summed E-state index contributed by atoms with van der Waals surface area (Å²) < 4.78 is 10.6. The fourth-order valence-electron chi connectivity index (χ4n) is 2.55. The third-order valence-corrected chi connectivity index (χ3v) is 4.05. The lowest BCUT2D eigenvalue weighted by Gasteiger charge is -2.17. The molecule has 0 aromatic rings. The van der Waals surface area contributed by atoms with Gasteiger partial charge in [0.2, 0.25) is 0 Å². The third kappa shape index (κ3) is 3.67. The van der Waals surface area contributed by atoms with Gasteiger partial charge in [0.05, 0.1) is 6.10 Å². The fraction of sp³-hybridized carbons (Fsp3) is 0.923. The van der Waals surface area contributed by atoms with Gasteiger partial charge in [-0.25, -0.2) is 4.79 Å². The van der Waals surface area contributed by atoms with Crippen LogP contribution in [-0.4, -0.2) is 50.1 Å². The van der Waals surface area contributed by atoms with Crippen LogP contribution in [0.4, 0.5) is 0 Å². The molecule has 0 amide bonds. The first-order valence-corrected chi connectivity index (χ1v) is 6.73. The van der Waals surface area contributed by atoms with Gasteiger partial charge in [-0.15, -0.1) is 0 Å². The van der Waals surface area contributed by atoms with Crippen LogP contribution in [0.1, 0.15) is 32.1 Å². The van der Waals surface area contributed by atoms with Crippen LogP contribution in [0.2, 0.25) is 0 Å². The summed E-state index contributed by atoms with van der Waals surface area (Å²) in [5, 5.41) is 12.3. The molecule has 2 unspecified atom stereocenters. The van der Waals surface area contributed by atoms with E-state index in [1.54, 1.807) is 7.11 Å². The summed E-state index contributed by atoms with van der Waals surface area (Å²) in [6, 6.07) is 0. The summed E-state index contributed by atoms with van der Waals surface area (Å²) in [4.78, 5) is 10.7. The van der Waals surface area contributed by atoms with E-state index >= 15 is 0 Å². The average molecular weight is 257 g/mol. The molecule has 1 saturated heterocycles. The van der Waals surface area contributed by atoms with Crippen LogP contribution in [0.25, 0.3) is 0 Å². The minimum atomic E-state index is -0.837. The van der Waals surface area contributed by atoms with Crippen LogP contribution < -0.4 is 5.32 Å². The Bertz CT molecular complexity index is 291. The van der Waals surface area contributed by atoms with Gasteiger partial charge in [-0.05, 0) is 37.5 Å². The van der Waals surface area contributed by atoms with Gasteiger partial charge >= 0.3 is 5.97 Å². The van der Waals surface area contributed by atoms with Crippen molar-refractivity contribution >= 4 is 5.97 Å². The third-order valence-electron chi connectivity index (χ3n) is 4.05. The highest BCUT2D eigenvalue weighted by Crippen LogP contribution is 2.48. The highest BCUT2D eigenvalue weighted by molar-refractivity contribution is 5.72. The van der Waals surface area contributed by atoms with Crippen molar-refractivity contribution in [2.24, 2.45) is 5.41 Å². The zero-order valence-electron chi connectivity index (χ0n) is 11.0. The van der Waals surface area contributed by atoms with E-state index in [2.05, 4.69) is 5.32 Å². The molecule has 2 N–H and O–H groups in total. The van der Waals surface area contributed by atoms with Gasteiger partial charge in [-0.2, -0.15) is 0 Å². The maximum absolute atomic E-state index is 10.7. The van der Waals surface area contributed by atoms with E-state index in [0.29, 0.717) is 11.8 Å². The molecule has 0 aromatic heterocycles. The molecule has 1 aliphatic carbocycles. The van der Waals surface area contributed by atoms with Crippen LogP contribution >= 0.6 is 0 Å². The zero-order chi connectivity index (χ0) is 13.0. The topological polar surface area (TPSA) is 67.8 Å². The van der Waals surface area contributed by atoms with Crippen LogP contribution in [-0.2, 0) is 14.3 Å². The van der Waals surface area contributed by atoms with E-state index in [-0.39, 0.29) is 6.10 Å². The number of hydrogen-bond acceptors (Lipinski definition) is 4. The van der Waals surface area contributed by atoms with Gasteiger partial charge in [-0.1, -0.05) is 0 Å². The Morgan fingerprint density at radius 2 is 2.28 bits per heavy atom. The Balaban J connectivity index is 1.60. The predicted octanol–water partition coefficient (Wildman–Crippen LogP) is 1.02. The largest absolute Gasteiger partial charge is 0.479 e. The molecule has 2 aliphatic rings. The first-order valence-electron chi connectivity index (χ1n) is 6.73. The minimum Gasteiger partial charge on any atom is -0.479 e. The van der Waals surface area contributed by atoms with Crippen LogP contribution in [0.3, 0.4) is 0 Å². The lowest BCUT2D eigenvalue weighted by Crippen LogP contribution is -2.33. The van der Waals surface area contributed by atoms with Crippen molar-refractivity contribution in [3.05, 3.63) is 0 Å². The van der Waals surface area contributed by atoms with E-state index in [1.165, 1.54) is 12.8 Å². The molecule has 2 atom stereocenters. The summed E-state index contributed by atoms with van der Waals surface area (Å²) in [5.41, 5.74) is 0.431. The van der Waals surface area contributed by atoms with Crippen molar-refractivity contribution in [3.63, 3.8) is 0 Å². The number of carboxylic acids is 1. The standard InChI is InChI=1S/C13H23NO4/c1-17-7-6-13(4-5-13)9-14-8-10-2-3-11(18-10)12(15)16/h10-11,14H,2-9H2,1H3,(H,15,16). The maximum atomic E-state index is 10.7. The maximum Gasteiger partial charge on any atom is 0.332 e. The fourth-order valence-corrected chi connectivity index (χ4v) is 2.55. The second-order valence-corrected chi connectivity index (χ2v) is 5.54. The second kappa shape index (κ2) is 5.99. The van der Waals surface area contributed by atoms with Crippen molar-refractivity contribution < 1.29 is 19.4 Å². The monoisotopic (exact) mass is 257 g/mol. The molecular weight excluding hydrogens is 234 g/mol. The Kier molecular flexibility index (Phi) is 4.59. The van der Waals surface area contributed by atoms with E-state index < -0.39 is 12.1 Å². The van der Waals surface area contributed by atoms with Gasteiger partial charge in [-0.3, -0.25) is 0 Å². The molecule has 104 valence electrons. The molecular formula is C13H23NO4. The molecule has 2 rings (SSSR count). The van der Waals surface area contributed by atoms with Gasteiger partial charge < -0.3 is 19.9 Å². The first kappa shape index (κ1) is 13.8. The predicted molar refractivity (Wildman–Crippen MR) is 66.6 cm³/mol. The molecule has 5 nitrogen and oxygen atoms in total. The van der Waals surface area contributed by atoms with Crippen molar-refractivity contribution in [1.82, 2.24) is 5.32 Å². The molecule has 18 heavy (non-hydrogen) atoms. The van der Waals surface area contributed by atoms with E-state index in [0.717, 1.165) is 32.5 Å². The summed E-state index contributed by atoms with van der Waals surface area (Å²) in [6.45, 7) is 2.58. The van der Waals surface area contributed by atoms with Crippen molar-refractivity contribution in [1.29, 1.82) is 0 Å². The van der Waals surface area contributed by atoms with Crippen LogP contribution in [0.5, 0.6) is 0 Å². The molecule has 0 aromatic carbocycles. The molecule has 0 radical (unpaired) electrons. The SMILES string of the molecule is COCCC1(CNCC2CCC(C(=O)O)O2)CC1. The van der Waals surface area contributed by atoms with Crippen molar-refractivity contribution in [3.8, 4) is 0 Å². The van der Waals surface area contributed by atoms with Crippen LogP contribution in [0.15, 0.2) is 0 Å². The van der Waals surface area contributed by atoms with Crippen molar-refractivity contribution in [2.45, 2.75) is 44.3 Å². The summed E-state index contributed by atoms with van der Waals surface area (Å²) in [7, 11) is 1.74. The minimum absolute atomic E-state index is 0.0596. The molecule has 0 spiro atoms. The molecule has 1 saturated carbocycles. The van der Waals surface area contributed by atoms with Gasteiger partial charge in [0.25, 0.3) is 0 Å². The highest BCUT2D eigenvalue weighted by Gasteiger charge is 2.41. The Morgan fingerprint density at radius 1 is 1.50 bits per heavy atom. The quantitative estimate of drug-likeness (QED) is 0.679. The number of aliphatic carboxylic acids is 1. The van der Waals surface area contributed by atoms with E-state index in [1.807, 2.05) is 0 Å². The normalized spacial score (nSPS) is 29.4. The second-order valence-electron chi connectivity index (χ2n) is 5.54. The number of nitrogens with one attached hydrogen (secondary N) is 1. The van der Waals surface area contributed by atoms with Crippen LogP contribution in [0, 0.1) is 5.41 Å². The summed E-state index contributed by atoms with van der Waals surface area (Å²) in [6.07, 6.45) is 4.59. The Morgan fingerprint density at radius 3 is 2.83 bits per heavy atom. The number of methoxy groups -OCH3 is 1. The highest BCUT2D eigenvalue weighted by atomic mass is 16.5. The molecule has 5 heteroatoms. The smallest absolute Gasteiger partial charge is 0.332 e. The lowest BCUT2D eigenvalue weighted by atomic mass is 10.0. The lowest BCUT2D eigenvalue weighted by molar-refractivity contribution is -0.149. The van der Waals surface area contributed by atoms with E-state index in [9.17, 15) is 4.79 Å². The molecule has 1 aliphatic heterocycles. The van der Waals surface area contributed by atoms with Gasteiger partial charge in [0.15, 0.2) is 6.10 Å². The van der Waals surface area contributed by atoms with Crippen molar-refractivity contribution in [2.75, 3.05) is 26.8 Å². The molecule has 0 bridgehead atoms. The summed E-state index contributed by atoms with van der Waals surface area (Å²) in [5.74, 6) is -0.837. The van der Waals surface area contributed by atoms with Gasteiger partial charge in [0, 0.05) is 26.8 Å². The Hall–Kier alpha value is -0.650. The number of rotatable bonds is 8. The number of carboxylic acid groups (broad SMARTS) is 1. The average Bonchev–Trinajstić information content (AvgIpc) is 2.94. The first-order chi connectivity index (χ1) is 8.65. The van der Waals surface area contributed by atoms with E-state index in [4.69, 9.17) is 14.6 Å². The number of hydrogen-bond donors (Lipinski definition) is 2. The molecule has 2 fully saturated rings. The Labute approximate surface area is 108 Å².